The van der Waals surface area contributed by atoms with E-state index in [4.69, 9.17) is 9.47 Å². The Labute approximate surface area is 75.2 Å². The van der Waals surface area contributed by atoms with Gasteiger partial charge in [0.05, 0.1) is 13.2 Å². The molecule has 0 unspecified atom stereocenters. The minimum Gasteiger partial charge on any atom is -0.377 e. The molecule has 4 heteroatoms. The van der Waals surface area contributed by atoms with Crippen LogP contribution >= 0.6 is 7.80 Å². The summed E-state index contributed by atoms with van der Waals surface area (Å²) in [7, 11) is -1.10. The lowest BCUT2D eigenvalue weighted by molar-refractivity contribution is 0.159. The average molecular weight is 193 g/mol. The highest BCUT2D eigenvalue weighted by Gasteiger charge is 2.13. The first kappa shape index (κ1) is 12.0. The normalized spacial score (nSPS) is 10.2. The zero-order chi connectivity index (χ0) is 9.23. The van der Waals surface area contributed by atoms with Crippen molar-refractivity contribution in [3.8, 4) is 0 Å². The summed E-state index contributed by atoms with van der Waals surface area (Å²) in [6.45, 7) is 6.50. The second-order valence-electron chi connectivity index (χ2n) is 2.32. The molecule has 0 radical (unpaired) electrons. The first-order chi connectivity index (χ1) is 5.81. The van der Waals surface area contributed by atoms with Gasteiger partial charge in [-0.25, -0.2) is 0 Å². The molecule has 0 fully saturated rings. The fourth-order valence-electron chi connectivity index (χ4n) is 0.733. The van der Waals surface area contributed by atoms with Crippen molar-refractivity contribution in [3.05, 3.63) is 0 Å². The van der Waals surface area contributed by atoms with Gasteiger partial charge in [0, 0.05) is 13.2 Å². The van der Waals surface area contributed by atoms with Crippen molar-refractivity contribution >= 4 is 7.80 Å². The van der Waals surface area contributed by atoms with Crippen molar-refractivity contribution in [3.63, 3.8) is 0 Å². The quantitative estimate of drug-likeness (QED) is 0.436. The molecule has 0 aliphatic rings. The van der Waals surface area contributed by atoms with Gasteiger partial charge in [-0.15, -0.1) is 0 Å². The van der Waals surface area contributed by atoms with Crippen LogP contribution in [-0.4, -0.2) is 38.8 Å². The topological polar surface area (TPSA) is 35.5 Å². The van der Waals surface area contributed by atoms with Crippen LogP contribution in [0.1, 0.15) is 13.8 Å². The minimum atomic E-state index is -1.10. The molecule has 0 rings (SSSR count). The van der Waals surface area contributed by atoms with Crippen molar-refractivity contribution < 1.29 is 14.0 Å². The number of hydrogen-bond acceptors (Lipinski definition) is 3. The zero-order valence-corrected chi connectivity index (χ0v) is 8.81. The first-order valence-electron chi connectivity index (χ1n) is 4.38. The van der Waals surface area contributed by atoms with Gasteiger partial charge in [-0.3, -0.25) is 0 Å². The van der Waals surface area contributed by atoms with Gasteiger partial charge in [-0.1, -0.05) is 4.57 Å². The Morgan fingerprint density at radius 1 is 1.00 bits per heavy atom. The van der Waals surface area contributed by atoms with Gasteiger partial charge in [0.15, 0.2) is 12.3 Å². The Hall–Kier alpha value is 0.0200. The zero-order valence-electron chi connectivity index (χ0n) is 7.91. The lowest BCUT2D eigenvalue weighted by Crippen LogP contribution is -2.01. The van der Waals surface area contributed by atoms with Crippen LogP contribution in [0.5, 0.6) is 0 Å². The van der Waals surface area contributed by atoms with E-state index in [0.29, 0.717) is 38.8 Å². The second kappa shape index (κ2) is 9.11. The van der Waals surface area contributed by atoms with E-state index in [2.05, 4.69) is 0 Å². The van der Waals surface area contributed by atoms with E-state index in [-0.39, 0.29) is 0 Å². The molecule has 0 aliphatic carbocycles. The second-order valence-corrected chi connectivity index (χ2v) is 4.18. The van der Waals surface area contributed by atoms with Crippen molar-refractivity contribution in [2.75, 3.05) is 38.8 Å². The van der Waals surface area contributed by atoms with Crippen LogP contribution in [0.25, 0.3) is 0 Å². The number of rotatable bonds is 8. The van der Waals surface area contributed by atoms with Gasteiger partial charge in [0.25, 0.3) is 0 Å². The summed E-state index contributed by atoms with van der Waals surface area (Å²) in [6, 6.07) is 0. The molecule has 0 N–H and O–H groups in total. The molecular weight excluding hydrogens is 175 g/mol. The molecule has 0 aromatic rings. The average Bonchev–Trinajstić information content (AvgIpc) is 2.06. The lowest BCUT2D eigenvalue weighted by Gasteiger charge is -1.94. The van der Waals surface area contributed by atoms with Crippen LogP contribution in [0, 0.1) is 0 Å². The fourth-order valence-corrected chi connectivity index (χ4v) is 1.62. The van der Waals surface area contributed by atoms with Crippen molar-refractivity contribution in [1.29, 1.82) is 0 Å². The minimum absolute atomic E-state index is 0.609. The number of hydrogen-bond donors (Lipinski definition) is 0. The molecule has 72 valence electrons. The molecule has 3 nitrogen and oxygen atoms in total. The summed E-state index contributed by atoms with van der Waals surface area (Å²) in [5.74, 6) is 0. The van der Waals surface area contributed by atoms with Gasteiger partial charge in [0.2, 0.25) is 0 Å². The van der Waals surface area contributed by atoms with Crippen LogP contribution in [-0.2, 0) is 14.0 Å². The first-order valence-corrected chi connectivity index (χ1v) is 6.01. The molecule has 0 amide bonds. The van der Waals surface area contributed by atoms with E-state index in [9.17, 15) is 4.57 Å². The van der Waals surface area contributed by atoms with Crippen molar-refractivity contribution in [2.24, 2.45) is 0 Å². The largest absolute Gasteiger partial charge is 0.377 e. The van der Waals surface area contributed by atoms with Crippen molar-refractivity contribution in [1.82, 2.24) is 0 Å². The van der Waals surface area contributed by atoms with Gasteiger partial charge in [-0.05, 0) is 13.8 Å². The molecule has 0 saturated heterocycles. The molecule has 0 aromatic carbocycles. The maximum Gasteiger partial charge on any atom is 0.343 e. The fraction of sp³-hybridized carbons (Fsp3) is 1.00. The Bertz CT molecular complexity index is 105. The van der Waals surface area contributed by atoms with E-state index in [0.717, 1.165) is 0 Å². The number of ether oxygens (including phenoxy) is 2. The smallest absolute Gasteiger partial charge is 0.343 e. The van der Waals surface area contributed by atoms with E-state index in [1.165, 1.54) is 0 Å². The highest BCUT2D eigenvalue weighted by Crippen LogP contribution is 2.18. The third-order valence-corrected chi connectivity index (χ3v) is 2.74. The maximum atomic E-state index is 11.2. The summed E-state index contributed by atoms with van der Waals surface area (Å²) in [6.07, 6.45) is 1.33. The summed E-state index contributed by atoms with van der Waals surface area (Å²) < 4.78 is 21.4. The van der Waals surface area contributed by atoms with E-state index in [1.54, 1.807) is 0 Å². The summed E-state index contributed by atoms with van der Waals surface area (Å²) >= 11 is 0. The van der Waals surface area contributed by atoms with Gasteiger partial charge >= 0.3 is 7.80 Å². The van der Waals surface area contributed by atoms with Crippen LogP contribution in [0.4, 0.5) is 0 Å². The highest BCUT2D eigenvalue weighted by atomic mass is 31.1. The van der Waals surface area contributed by atoms with Gasteiger partial charge < -0.3 is 9.47 Å². The SMILES string of the molecule is CCOCC[P+](=O)CCOCC. The monoisotopic (exact) mass is 193 g/mol. The Balaban J connectivity index is 3.10. The predicted octanol–water partition coefficient (Wildman–Crippen LogP) is 1.89. The van der Waals surface area contributed by atoms with Crippen LogP contribution in [0.2, 0.25) is 0 Å². The summed E-state index contributed by atoms with van der Waals surface area (Å²) in [5, 5.41) is 0. The molecule has 12 heavy (non-hydrogen) atoms. The molecular formula is C8H18O3P+. The predicted molar refractivity (Wildman–Crippen MR) is 50.3 cm³/mol. The molecule has 0 atom stereocenters. The molecule has 0 saturated carbocycles. The highest BCUT2D eigenvalue weighted by molar-refractivity contribution is 7.44. The summed E-state index contributed by atoms with van der Waals surface area (Å²) in [4.78, 5) is 0. The van der Waals surface area contributed by atoms with Crippen molar-refractivity contribution in [2.45, 2.75) is 13.8 Å². The Morgan fingerprint density at radius 2 is 1.42 bits per heavy atom. The summed E-state index contributed by atoms with van der Waals surface area (Å²) in [5.41, 5.74) is 0. The third-order valence-electron chi connectivity index (χ3n) is 1.38. The molecule has 0 aromatic heterocycles. The van der Waals surface area contributed by atoms with E-state index in [1.807, 2.05) is 13.8 Å². The maximum absolute atomic E-state index is 11.2. The molecule has 0 aliphatic heterocycles. The van der Waals surface area contributed by atoms with E-state index >= 15 is 0 Å². The van der Waals surface area contributed by atoms with Gasteiger partial charge in [0.1, 0.15) is 0 Å². The third kappa shape index (κ3) is 8.12. The van der Waals surface area contributed by atoms with E-state index < -0.39 is 7.80 Å². The standard InChI is InChI=1S/C8H18O3P/c1-3-10-5-7-12(9)8-6-11-4-2/h3-8H2,1-2H3/q+1. The van der Waals surface area contributed by atoms with Crippen LogP contribution < -0.4 is 0 Å². The molecule has 0 heterocycles. The molecule has 0 bridgehead atoms. The Morgan fingerprint density at radius 3 is 1.75 bits per heavy atom. The Kier molecular flexibility index (Phi) is 9.13. The van der Waals surface area contributed by atoms with Crippen LogP contribution in [0.3, 0.4) is 0 Å². The molecule has 0 spiro atoms. The van der Waals surface area contributed by atoms with Gasteiger partial charge in [-0.2, -0.15) is 0 Å². The van der Waals surface area contributed by atoms with Crippen LogP contribution in [0.15, 0.2) is 0 Å². The lowest BCUT2D eigenvalue weighted by atomic mass is 10.8.